The minimum atomic E-state index is -4.60. The Bertz CT molecular complexity index is 902. The minimum Gasteiger partial charge on any atom is -0.351 e. The van der Waals surface area contributed by atoms with Gasteiger partial charge >= 0.3 is 6.18 Å². The number of halogens is 4. The molecule has 0 radical (unpaired) electrons. The molecule has 1 N–H and O–H groups in total. The standard InChI is InChI=1S/C22H23ClF3N3O2/c23-14-19(30)29(17-10-6-7-15(13-17)22(24,25)26)20(18-11-4-5-12-27-18)21(31)28-16-8-2-1-3-9-16/h4-7,10-13,16,20H,1-3,8-9,14H2,(H,28,31). The second kappa shape index (κ2) is 10.1. The van der Waals surface area contributed by atoms with Crippen LogP contribution in [0.2, 0.25) is 0 Å². The van der Waals surface area contributed by atoms with E-state index in [4.69, 9.17) is 11.6 Å². The Balaban J connectivity index is 2.04. The van der Waals surface area contributed by atoms with Crippen molar-refractivity contribution in [2.24, 2.45) is 0 Å². The van der Waals surface area contributed by atoms with E-state index in [-0.39, 0.29) is 17.4 Å². The van der Waals surface area contributed by atoms with Crippen molar-refractivity contribution in [3.8, 4) is 0 Å². The molecule has 1 heterocycles. The molecule has 9 heteroatoms. The zero-order chi connectivity index (χ0) is 22.4. The van der Waals surface area contributed by atoms with E-state index in [0.29, 0.717) is 0 Å². The number of hydrogen-bond donors (Lipinski definition) is 1. The summed E-state index contributed by atoms with van der Waals surface area (Å²) < 4.78 is 39.9. The third-order valence-electron chi connectivity index (χ3n) is 5.26. The van der Waals surface area contributed by atoms with Crippen LogP contribution in [0.4, 0.5) is 18.9 Å². The molecule has 0 spiro atoms. The highest BCUT2D eigenvalue weighted by molar-refractivity contribution is 6.29. The van der Waals surface area contributed by atoms with Gasteiger partial charge in [0.15, 0.2) is 6.04 Å². The van der Waals surface area contributed by atoms with Gasteiger partial charge in [-0.2, -0.15) is 13.2 Å². The smallest absolute Gasteiger partial charge is 0.351 e. The number of alkyl halides is 4. The lowest BCUT2D eigenvalue weighted by atomic mass is 9.95. The van der Waals surface area contributed by atoms with Crippen LogP contribution in [-0.2, 0) is 15.8 Å². The van der Waals surface area contributed by atoms with E-state index in [0.717, 1.165) is 49.1 Å². The minimum absolute atomic E-state index is 0.0538. The van der Waals surface area contributed by atoms with Gasteiger partial charge in [0, 0.05) is 17.9 Å². The summed E-state index contributed by atoms with van der Waals surface area (Å²) in [5.41, 5.74) is -0.758. The van der Waals surface area contributed by atoms with Crippen LogP contribution in [0.3, 0.4) is 0 Å². The Labute approximate surface area is 183 Å². The predicted octanol–water partition coefficient (Wildman–Crippen LogP) is 4.86. The highest BCUT2D eigenvalue weighted by Gasteiger charge is 2.36. The number of carbonyl (C=O) groups excluding carboxylic acids is 2. The number of amides is 2. The molecule has 1 aliphatic carbocycles. The Morgan fingerprint density at radius 3 is 2.48 bits per heavy atom. The Kier molecular flexibility index (Phi) is 7.54. The molecule has 1 unspecified atom stereocenters. The molecule has 1 aliphatic rings. The van der Waals surface area contributed by atoms with Gasteiger partial charge in [-0.25, -0.2) is 0 Å². The van der Waals surface area contributed by atoms with E-state index in [9.17, 15) is 22.8 Å². The largest absolute Gasteiger partial charge is 0.416 e. The number of benzene rings is 1. The molecule has 3 rings (SSSR count). The van der Waals surface area contributed by atoms with Gasteiger partial charge in [-0.05, 0) is 43.2 Å². The van der Waals surface area contributed by atoms with Gasteiger partial charge in [-0.1, -0.05) is 31.4 Å². The lowest BCUT2D eigenvalue weighted by Crippen LogP contribution is -2.48. The number of nitrogens with zero attached hydrogens (tertiary/aromatic N) is 2. The second-order valence-electron chi connectivity index (χ2n) is 7.45. The van der Waals surface area contributed by atoms with Crippen molar-refractivity contribution in [3.05, 3.63) is 59.9 Å². The number of rotatable bonds is 6. The predicted molar refractivity (Wildman–Crippen MR) is 112 cm³/mol. The number of aromatic nitrogens is 1. The summed E-state index contributed by atoms with van der Waals surface area (Å²) in [4.78, 5) is 31.3. The quantitative estimate of drug-likeness (QED) is 0.635. The van der Waals surface area contributed by atoms with Crippen molar-refractivity contribution in [3.63, 3.8) is 0 Å². The fourth-order valence-corrected chi connectivity index (χ4v) is 3.91. The van der Waals surface area contributed by atoms with Crippen molar-refractivity contribution in [2.45, 2.75) is 50.4 Å². The van der Waals surface area contributed by atoms with Crippen molar-refractivity contribution in [1.82, 2.24) is 10.3 Å². The first-order chi connectivity index (χ1) is 14.8. The molecule has 5 nitrogen and oxygen atoms in total. The zero-order valence-corrected chi connectivity index (χ0v) is 17.5. The van der Waals surface area contributed by atoms with Crippen LogP contribution in [0.25, 0.3) is 0 Å². The fraction of sp³-hybridized carbons (Fsp3) is 0.409. The summed E-state index contributed by atoms with van der Waals surface area (Å²) >= 11 is 5.79. The molecule has 166 valence electrons. The lowest BCUT2D eigenvalue weighted by molar-refractivity contribution is -0.137. The van der Waals surface area contributed by atoms with Crippen LogP contribution in [-0.4, -0.2) is 28.7 Å². The Hall–Kier alpha value is -2.61. The zero-order valence-electron chi connectivity index (χ0n) is 16.7. The van der Waals surface area contributed by atoms with Crippen molar-refractivity contribution in [1.29, 1.82) is 0 Å². The van der Waals surface area contributed by atoms with Crippen LogP contribution >= 0.6 is 11.6 Å². The Morgan fingerprint density at radius 1 is 1.13 bits per heavy atom. The van der Waals surface area contributed by atoms with Crippen molar-refractivity contribution in [2.75, 3.05) is 10.8 Å². The maximum Gasteiger partial charge on any atom is 0.416 e. The van der Waals surface area contributed by atoms with E-state index in [1.807, 2.05) is 0 Å². The summed E-state index contributed by atoms with van der Waals surface area (Å²) in [6.45, 7) is 0. The lowest BCUT2D eigenvalue weighted by Gasteiger charge is -2.32. The topological polar surface area (TPSA) is 62.3 Å². The summed E-state index contributed by atoms with van der Waals surface area (Å²) in [5, 5.41) is 2.95. The molecule has 2 aromatic rings. The molecule has 0 bridgehead atoms. The van der Waals surface area contributed by atoms with Gasteiger partial charge in [0.2, 0.25) is 11.8 Å². The van der Waals surface area contributed by atoms with Crippen LogP contribution in [0, 0.1) is 0 Å². The summed E-state index contributed by atoms with van der Waals surface area (Å²) in [6.07, 6.45) is 1.55. The van der Waals surface area contributed by atoms with Gasteiger partial charge in [-0.3, -0.25) is 19.5 Å². The third kappa shape index (κ3) is 5.76. The average Bonchev–Trinajstić information content (AvgIpc) is 2.77. The SMILES string of the molecule is O=C(NC1CCCCC1)C(c1ccccn1)N(C(=O)CCl)c1cccc(C(F)(F)F)c1. The van der Waals surface area contributed by atoms with Crippen LogP contribution < -0.4 is 10.2 Å². The van der Waals surface area contributed by atoms with E-state index in [2.05, 4.69) is 10.3 Å². The number of carbonyl (C=O) groups is 2. The molecule has 0 saturated heterocycles. The molecule has 1 fully saturated rings. The average molecular weight is 454 g/mol. The molecule has 0 aliphatic heterocycles. The van der Waals surface area contributed by atoms with Crippen molar-refractivity contribution < 1.29 is 22.8 Å². The van der Waals surface area contributed by atoms with Gasteiger partial charge in [0.05, 0.1) is 11.3 Å². The van der Waals surface area contributed by atoms with Gasteiger partial charge in [0.1, 0.15) is 5.88 Å². The van der Waals surface area contributed by atoms with E-state index < -0.39 is 35.5 Å². The molecule has 1 saturated carbocycles. The summed E-state index contributed by atoms with van der Waals surface area (Å²) in [5.74, 6) is -1.70. The number of anilines is 1. The molecule has 31 heavy (non-hydrogen) atoms. The highest BCUT2D eigenvalue weighted by atomic mass is 35.5. The van der Waals surface area contributed by atoms with E-state index in [1.54, 1.807) is 18.2 Å². The van der Waals surface area contributed by atoms with Gasteiger partial charge < -0.3 is 5.32 Å². The molecular weight excluding hydrogens is 431 g/mol. The van der Waals surface area contributed by atoms with E-state index >= 15 is 0 Å². The van der Waals surface area contributed by atoms with E-state index in [1.165, 1.54) is 18.3 Å². The monoisotopic (exact) mass is 453 g/mol. The maximum absolute atomic E-state index is 13.3. The molecule has 1 aromatic carbocycles. The first-order valence-electron chi connectivity index (χ1n) is 10.1. The number of pyridine rings is 1. The third-order valence-corrected chi connectivity index (χ3v) is 5.49. The Morgan fingerprint density at radius 2 is 1.87 bits per heavy atom. The fourth-order valence-electron chi connectivity index (χ4n) is 3.78. The number of nitrogens with one attached hydrogen (secondary N) is 1. The second-order valence-corrected chi connectivity index (χ2v) is 7.71. The van der Waals surface area contributed by atoms with Crippen LogP contribution in [0.5, 0.6) is 0 Å². The first kappa shape index (κ1) is 23.1. The first-order valence-corrected chi connectivity index (χ1v) is 10.6. The van der Waals surface area contributed by atoms with Crippen LogP contribution in [0.1, 0.15) is 49.4 Å². The molecule has 1 aromatic heterocycles. The van der Waals surface area contributed by atoms with Gasteiger partial charge in [0.25, 0.3) is 0 Å². The van der Waals surface area contributed by atoms with Crippen LogP contribution in [0.15, 0.2) is 48.7 Å². The molecule has 2 amide bonds. The molecular formula is C22H23ClF3N3O2. The van der Waals surface area contributed by atoms with Gasteiger partial charge in [-0.15, -0.1) is 11.6 Å². The summed E-state index contributed by atoms with van der Waals surface area (Å²) in [6, 6.07) is 7.85. The molecule has 1 atom stereocenters. The normalized spacial score (nSPS) is 15.9. The summed E-state index contributed by atoms with van der Waals surface area (Å²) in [7, 11) is 0. The number of hydrogen-bond acceptors (Lipinski definition) is 3. The highest BCUT2D eigenvalue weighted by Crippen LogP contribution is 2.34. The maximum atomic E-state index is 13.3. The van der Waals surface area contributed by atoms with Crippen molar-refractivity contribution >= 4 is 29.1 Å².